The monoisotopic (exact) mass is 260 g/mol. The van der Waals surface area contributed by atoms with E-state index in [9.17, 15) is 0 Å². The zero-order valence-corrected chi connectivity index (χ0v) is 10.0. The molecule has 1 nitrogen and oxygen atoms in total. The fraction of sp³-hybridized carbons (Fsp3) is 0.400. The lowest BCUT2D eigenvalue weighted by Crippen LogP contribution is -1.80. The second kappa shape index (κ2) is 6.35. The molecule has 0 bridgehead atoms. The molecule has 0 radical (unpaired) electrons. The van der Waals surface area contributed by atoms with Crippen molar-refractivity contribution in [2.45, 2.75) is 13.0 Å². The van der Waals surface area contributed by atoms with Crippen LogP contribution in [0.15, 0.2) is 17.5 Å². The lowest BCUT2D eigenvalue weighted by Gasteiger charge is -1.90. The van der Waals surface area contributed by atoms with Crippen molar-refractivity contribution in [1.82, 2.24) is 0 Å². The Labute approximate surface area is 91.6 Å². The Kier molecular flexibility index (Phi) is 5.35. The molecule has 0 atom stereocenters. The predicted molar refractivity (Wildman–Crippen MR) is 62.5 cm³/mol. The van der Waals surface area contributed by atoms with Gasteiger partial charge in [-0.2, -0.15) is 0 Å². The van der Waals surface area contributed by atoms with Crippen LogP contribution in [0.2, 0.25) is 0 Å². The van der Waals surface area contributed by atoms with E-state index in [1.165, 1.54) is 10.4 Å². The third kappa shape index (κ3) is 4.07. The molecule has 0 unspecified atom stereocenters. The van der Waals surface area contributed by atoms with E-state index < -0.39 is 0 Å². The molecule has 72 valence electrons. The molecule has 1 heterocycles. The molecule has 0 aliphatic carbocycles. The number of alkyl halides is 1. The topological polar surface area (TPSA) is 9.23 Å². The molecule has 0 N–H and O–H groups in total. The Bertz CT molecular complexity index is 268. The summed E-state index contributed by atoms with van der Waals surface area (Å²) in [5, 5.41) is 3.18. The summed E-state index contributed by atoms with van der Waals surface area (Å²) in [7, 11) is 1.72. The third-order valence-corrected chi connectivity index (χ3v) is 2.93. The fourth-order valence-electron chi connectivity index (χ4n) is 0.985. The van der Waals surface area contributed by atoms with Crippen molar-refractivity contribution in [1.29, 1.82) is 0 Å². The molecule has 0 aliphatic rings. The van der Waals surface area contributed by atoms with Crippen molar-refractivity contribution in [3.8, 4) is 0 Å². The maximum Gasteiger partial charge on any atom is 0.0805 e. The highest BCUT2D eigenvalue weighted by Gasteiger charge is 1.95. The minimum atomic E-state index is 0.719. The zero-order chi connectivity index (χ0) is 9.52. The van der Waals surface area contributed by atoms with Gasteiger partial charge in [0.2, 0.25) is 0 Å². The average molecular weight is 261 g/mol. The lowest BCUT2D eigenvalue weighted by atomic mass is 10.2. The van der Waals surface area contributed by atoms with Crippen LogP contribution in [0.5, 0.6) is 0 Å². The van der Waals surface area contributed by atoms with Crippen LogP contribution in [-0.2, 0) is 11.3 Å². The maximum atomic E-state index is 5.05. The smallest absolute Gasteiger partial charge is 0.0805 e. The van der Waals surface area contributed by atoms with E-state index in [0.29, 0.717) is 0 Å². The molecule has 0 amide bonds. The van der Waals surface area contributed by atoms with E-state index in [0.717, 1.165) is 18.4 Å². The number of hydrogen-bond acceptors (Lipinski definition) is 2. The molecular formula is C10H13BrOS. The quantitative estimate of drug-likeness (QED) is 0.734. The van der Waals surface area contributed by atoms with E-state index in [1.54, 1.807) is 18.4 Å². The summed E-state index contributed by atoms with van der Waals surface area (Å²) >= 11 is 5.13. The Hall–Kier alpha value is -0.120. The van der Waals surface area contributed by atoms with Gasteiger partial charge in [0, 0.05) is 17.3 Å². The highest BCUT2D eigenvalue weighted by atomic mass is 79.9. The Morgan fingerprint density at radius 1 is 1.62 bits per heavy atom. The minimum Gasteiger partial charge on any atom is -0.379 e. The summed E-state index contributed by atoms with van der Waals surface area (Å²) in [6, 6.07) is 2.17. The van der Waals surface area contributed by atoms with Crippen molar-refractivity contribution in [3.05, 3.63) is 28.0 Å². The number of allylic oxidation sites excluding steroid dienone is 1. The van der Waals surface area contributed by atoms with Gasteiger partial charge in [0.25, 0.3) is 0 Å². The van der Waals surface area contributed by atoms with Gasteiger partial charge >= 0.3 is 0 Å². The molecule has 0 spiro atoms. The molecule has 0 saturated heterocycles. The molecule has 1 aromatic heterocycles. The molecule has 3 heteroatoms. The van der Waals surface area contributed by atoms with E-state index in [4.69, 9.17) is 4.74 Å². The van der Waals surface area contributed by atoms with Crippen molar-refractivity contribution >= 4 is 33.3 Å². The second-order valence-electron chi connectivity index (χ2n) is 2.66. The summed E-state index contributed by atoms with van der Waals surface area (Å²) in [6.45, 7) is 0.719. The Balaban J connectivity index is 2.48. The van der Waals surface area contributed by atoms with Gasteiger partial charge in [-0.15, -0.1) is 11.3 Å². The Morgan fingerprint density at radius 2 is 2.46 bits per heavy atom. The molecule has 0 aliphatic heterocycles. The second-order valence-corrected chi connectivity index (χ2v) is 4.45. The van der Waals surface area contributed by atoms with E-state index >= 15 is 0 Å². The van der Waals surface area contributed by atoms with Gasteiger partial charge in [0.05, 0.1) is 6.61 Å². The van der Waals surface area contributed by atoms with Crippen molar-refractivity contribution < 1.29 is 4.74 Å². The molecule has 0 fully saturated rings. The number of halogens is 1. The van der Waals surface area contributed by atoms with Gasteiger partial charge in [-0.1, -0.05) is 28.1 Å². The standard InChI is InChI=1S/C10H13BrOS/c1-12-7-10-6-9(8-13-10)4-2-3-5-11/h2,4,6,8H,3,5,7H2,1H3. The van der Waals surface area contributed by atoms with Gasteiger partial charge in [0.15, 0.2) is 0 Å². The van der Waals surface area contributed by atoms with Crippen LogP contribution in [0.4, 0.5) is 0 Å². The minimum absolute atomic E-state index is 0.719. The summed E-state index contributed by atoms with van der Waals surface area (Å²) in [5.41, 5.74) is 1.28. The van der Waals surface area contributed by atoms with Crippen LogP contribution in [0.3, 0.4) is 0 Å². The van der Waals surface area contributed by atoms with Crippen LogP contribution in [0, 0.1) is 0 Å². The van der Waals surface area contributed by atoms with E-state index in [-0.39, 0.29) is 0 Å². The van der Waals surface area contributed by atoms with Crippen molar-refractivity contribution in [3.63, 3.8) is 0 Å². The SMILES string of the molecule is COCc1cc(C=CCCBr)cs1. The Morgan fingerprint density at radius 3 is 3.15 bits per heavy atom. The normalized spacial score (nSPS) is 11.2. The highest BCUT2D eigenvalue weighted by molar-refractivity contribution is 9.09. The summed E-state index contributed by atoms with van der Waals surface area (Å²) in [4.78, 5) is 1.28. The number of rotatable bonds is 5. The lowest BCUT2D eigenvalue weighted by molar-refractivity contribution is 0.187. The highest BCUT2D eigenvalue weighted by Crippen LogP contribution is 2.16. The molecule has 13 heavy (non-hydrogen) atoms. The first-order valence-corrected chi connectivity index (χ1v) is 6.15. The van der Waals surface area contributed by atoms with Crippen LogP contribution < -0.4 is 0 Å². The van der Waals surface area contributed by atoms with Gasteiger partial charge < -0.3 is 4.74 Å². The first-order chi connectivity index (χ1) is 6.36. The number of thiophene rings is 1. The first kappa shape index (κ1) is 11.0. The van der Waals surface area contributed by atoms with E-state index in [1.807, 2.05) is 0 Å². The van der Waals surface area contributed by atoms with Gasteiger partial charge in [-0.25, -0.2) is 0 Å². The molecule has 0 aromatic carbocycles. The van der Waals surface area contributed by atoms with Crippen molar-refractivity contribution in [2.24, 2.45) is 0 Å². The maximum absolute atomic E-state index is 5.05. The molecule has 1 rings (SSSR count). The summed E-state index contributed by atoms with van der Waals surface area (Å²) < 4.78 is 5.05. The molecular weight excluding hydrogens is 248 g/mol. The van der Waals surface area contributed by atoms with Gasteiger partial charge in [-0.05, 0) is 23.4 Å². The van der Waals surface area contributed by atoms with Crippen LogP contribution in [0.25, 0.3) is 6.08 Å². The van der Waals surface area contributed by atoms with Gasteiger partial charge in [0.1, 0.15) is 0 Å². The van der Waals surface area contributed by atoms with Crippen LogP contribution in [-0.4, -0.2) is 12.4 Å². The van der Waals surface area contributed by atoms with E-state index in [2.05, 4.69) is 39.5 Å². The molecule has 1 aromatic rings. The zero-order valence-electron chi connectivity index (χ0n) is 7.63. The summed E-state index contributed by atoms with van der Waals surface area (Å²) in [6.07, 6.45) is 5.40. The predicted octanol–water partition coefficient (Wildman–Crippen LogP) is 3.69. The van der Waals surface area contributed by atoms with Crippen molar-refractivity contribution in [2.75, 3.05) is 12.4 Å². The number of methoxy groups -OCH3 is 1. The van der Waals surface area contributed by atoms with Crippen LogP contribution >= 0.6 is 27.3 Å². The largest absolute Gasteiger partial charge is 0.379 e. The summed E-state index contributed by atoms with van der Waals surface area (Å²) in [5.74, 6) is 0. The molecule has 0 saturated carbocycles. The number of ether oxygens (including phenoxy) is 1. The fourth-order valence-corrected chi connectivity index (χ4v) is 2.07. The number of hydrogen-bond donors (Lipinski definition) is 0. The average Bonchev–Trinajstić information content (AvgIpc) is 2.54. The van der Waals surface area contributed by atoms with Gasteiger partial charge in [-0.3, -0.25) is 0 Å². The first-order valence-electron chi connectivity index (χ1n) is 4.15. The van der Waals surface area contributed by atoms with Crippen LogP contribution in [0.1, 0.15) is 16.9 Å². The third-order valence-electron chi connectivity index (χ3n) is 1.55.